The Morgan fingerprint density at radius 2 is 2.00 bits per heavy atom. The van der Waals surface area contributed by atoms with Gasteiger partial charge in [0, 0.05) is 19.1 Å². The SMILES string of the molecule is C#C[C@H]1O[C@@H](n2cnc3c(NC4CCN(C(=O)O)CC4)ncnc32)[C@H](O)[C@@H]1O. The normalized spacial score (nSPS) is 28.4. The highest BCUT2D eigenvalue weighted by molar-refractivity contribution is 5.82. The molecular weight excluding hydrogens is 368 g/mol. The number of aliphatic hydroxyl groups is 2. The van der Waals surface area contributed by atoms with Crippen molar-refractivity contribution in [3.05, 3.63) is 12.7 Å². The van der Waals surface area contributed by atoms with Crippen LogP contribution in [0.25, 0.3) is 11.2 Å². The van der Waals surface area contributed by atoms with Crippen LogP contribution in [0.2, 0.25) is 0 Å². The zero-order valence-electron chi connectivity index (χ0n) is 14.8. The fraction of sp³-hybridized carbons (Fsp3) is 0.529. The molecule has 4 rings (SSSR count). The highest BCUT2D eigenvalue weighted by atomic mass is 16.6. The number of nitrogens with one attached hydrogen (secondary N) is 1. The summed E-state index contributed by atoms with van der Waals surface area (Å²) in [6.07, 6.45) is 4.28. The lowest BCUT2D eigenvalue weighted by atomic mass is 10.1. The molecule has 28 heavy (non-hydrogen) atoms. The summed E-state index contributed by atoms with van der Waals surface area (Å²) in [7, 11) is 0. The van der Waals surface area contributed by atoms with Crippen molar-refractivity contribution in [2.24, 2.45) is 0 Å². The van der Waals surface area contributed by atoms with Crippen molar-refractivity contribution in [1.82, 2.24) is 24.4 Å². The van der Waals surface area contributed by atoms with E-state index in [0.717, 1.165) is 0 Å². The Hall–Kier alpha value is -2.94. The molecule has 0 spiro atoms. The Kier molecular flexibility index (Phi) is 4.76. The summed E-state index contributed by atoms with van der Waals surface area (Å²) in [6.45, 7) is 0.895. The van der Waals surface area contributed by atoms with Crippen LogP contribution in [0.4, 0.5) is 10.6 Å². The van der Waals surface area contributed by atoms with Crippen LogP contribution in [0, 0.1) is 12.3 Å². The lowest BCUT2D eigenvalue weighted by molar-refractivity contribution is -0.0230. The van der Waals surface area contributed by atoms with Gasteiger partial charge in [-0.05, 0) is 12.8 Å². The van der Waals surface area contributed by atoms with Gasteiger partial charge in [-0.1, -0.05) is 5.92 Å². The van der Waals surface area contributed by atoms with Gasteiger partial charge in [-0.2, -0.15) is 0 Å². The molecule has 2 aliphatic heterocycles. The molecule has 4 atom stereocenters. The first-order valence-corrected chi connectivity index (χ1v) is 8.89. The number of anilines is 1. The number of amides is 1. The number of hydrogen-bond acceptors (Lipinski definition) is 8. The Morgan fingerprint density at radius 3 is 2.64 bits per heavy atom. The Balaban J connectivity index is 1.55. The molecule has 2 aromatic heterocycles. The number of terminal acetylenes is 1. The molecule has 2 saturated heterocycles. The molecule has 2 fully saturated rings. The van der Waals surface area contributed by atoms with Gasteiger partial charge in [0.15, 0.2) is 23.2 Å². The monoisotopic (exact) mass is 388 g/mol. The van der Waals surface area contributed by atoms with Gasteiger partial charge in [0.1, 0.15) is 24.6 Å². The van der Waals surface area contributed by atoms with E-state index < -0.39 is 30.6 Å². The second-order valence-electron chi connectivity index (χ2n) is 6.83. The first-order valence-electron chi connectivity index (χ1n) is 8.89. The molecule has 0 aliphatic carbocycles. The third-order valence-corrected chi connectivity index (χ3v) is 5.14. The minimum atomic E-state index is -1.22. The van der Waals surface area contributed by atoms with Crippen molar-refractivity contribution < 1.29 is 24.9 Å². The van der Waals surface area contributed by atoms with E-state index in [1.165, 1.54) is 22.1 Å². The van der Waals surface area contributed by atoms with Crippen molar-refractivity contribution in [1.29, 1.82) is 0 Å². The summed E-state index contributed by atoms with van der Waals surface area (Å²) in [5.74, 6) is 2.82. The van der Waals surface area contributed by atoms with Crippen LogP contribution < -0.4 is 5.32 Å². The number of nitrogens with zero attached hydrogens (tertiary/aromatic N) is 5. The number of aliphatic hydroxyl groups excluding tert-OH is 2. The number of aromatic nitrogens is 4. The zero-order chi connectivity index (χ0) is 19.8. The van der Waals surface area contributed by atoms with Crippen LogP contribution in [0.3, 0.4) is 0 Å². The Labute approximate surface area is 160 Å². The number of piperidine rings is 1. The van der Waals surface area contributed by atoms with Crippen LogP contribution in [0.1, 0.15) is 19.1 Å². The van der Waals surface area contributed by atoms with Crippen LogP contribution >= 0.6 is 0 Å². The number of likely N-dealkylation sites (tertiary alicyclic amines) is 1. The van der Waals surface area contributed by atoms with Crippen LogP contribution in [-0.4, -0.2) is 83.3 Å². The summed E-state index contributed by atoms with van der Waals surface area (Å²) >= 11 is 0. The summed E-state index contributed by atoms with van der Waals surface area (Å²) in [5.41, 5.74) is 0.909. The summed E-state index contributed by atoms with van der Waals surface area (Å²) < 4.78 is 7.07. The zero-order valence-corrected chi connectivity index (χ0v) is 14.8. The van der Waals surface area contributed by atoms with Crippen molar-refractivity contribution >= 4 is 23.1 Å². The van der Waals surface area contributed by atoms with Crippen molar-refractivity contribution in [2.45, 2.75) is 43.4 Å². The average Bonchev–Trinajstić information content (AvgIpc) is 3.24. The molecule has 2 aliphatic rings. The highest BCUT2D eigenvalue weighted by Gasteiger charge is 2.43. The number of ether oxygens (including phenoxy) is 1. The third-order valence-electron chi connectivity index (χ3n) is 5.14. The van der Waals surface area contributed by atoms with E-state index in [1.54, 1.807) is 0 Å². The van der Waals surface area contributed by atoms with Gasteiger partial charge < -0.3 is 30.3 Å². The number of fused-ring (bicyclic) bond motifs is 1. The highest BCUT2D eigenvalue weighted by Crippen LogP contribution is 2.32. The predicted octanol–water partition coefficient (Wildman–Crippen LogP) is -0.367. The number of hydrogen-bond donors (Lipinski definition) is 4. The largest absolute Gasteiger partial charge is 0.465 e. The maximum Gasteiger partial charge on any atom is 0.407 e. The van der Waals surface area contributed by atoms with Gasteiger partial charge in [0.2, 0.25) is 0 Å². The standard InChI is InChI=1S/C17H20N6O5/c1-2-10-12(24)13(25)16(28-10)23-8-20-11-14(18-7-19-15(11)23)21-9-3-5-22(6-4-9)17(26)27/h1,7-10,12-13,16,24-25H,3-6H2,(H,26,27)(H,18,19,21)/t10-,12-,13-,16-/m1/s1. The third kappa shape index (κ3) is 3.11. The minimum Gasteiger partial charge on any atom is -0.465 e. The number of rotatable bonds is 3. The van der Waals surface area contributed by atoms with Gasteiger partial charge in [0.25, 0.3) is 0 Å². The minimum absolute atomic E-state index is 0.0554. The van der Waals surface area contributed by atoms with E-state index >= 15 is 0 Å². The van der Waals surface area contributed by atoms with E-state index in [0.29, 0.717) is 42.9 Å². The maximum atomic E-state index is 11.0. The van der Waals surface area contributed by atoms with Crippen molar-refractivity contribution in [3.63, 3.8) is 0 Å². The van der Waals surface area contributed by atoms with E-state index in [1.807, 2.05) is 0 Å². The molecule has 4 heterocycles. The van der Waals surface area contributed by atoms with Gasteiger partial charge in [-0.25, -0.2) is 19.7 Å². The fourth-order valence-corrected chi connectivity index (χ4v) is 3.58. The number of imidazole rings is 1. The quantitative estimate of drug-likeness (QED) is 0.517. The Morgan fingerprint density at radius 1 is 1.25 bits per heavy atom. The molecule has 2 aromatic rings. The van der Waals surface area contributed by atoms with Crippen LogP contribution in [0.15, 0.2) is 12.7 Å². The van der Waals surface area contributed by atoms with Gasteiger partial charge in [-0.3, -0.25) is 4.57 Å². The first kappa shape index (κ1) is 18.4. The smallest absolute Gasteiger partial charge is 0.407 e. The number of carboxylic acid groups (broad SMARTS) is 1. The van der Waals surface area contributed by atoms with Gasteiger partial charge >= 0.3 is 6.09 Å². The first-order chi connectivity index (χ1) is 13.5. The van der Waals surface area contributed by atoms with Crippen molar-refractivity contribution in [3.8, 4) is 12.3 Å². The van der Waals surface area contributed by atoms with E-state index in [4.69, 9.17) is 16.3 Å². The van der Waals surface area contributed by atoms with Crippen LogP contribution in [0.5, 0.6) is 0 Å². The second-order valence-corrected chi connectivity index (χ2v) is 6.83. The van der Waals surface area contributed by atoms with Crippen LogP contribution in [-0.2, 0) is 4.74 Å². The molecule has 148 valence electrons. The van der Waals surface area contributed by atoms with Gasteiger partial charge in [0.05, 0.1) is 6.33 Å². The fourth-order valence-electron chi connectivity index (χ4n) is 3.58. The lowest BCUT2D eigenvalue weighted by Crippen LogP contribution is -2.41. The van der Waals surface area contributed by atoms with Crippen molar-refractivity contribution in [2.75, 3.05) is 18.4 Å². The molecule has 11 nitrogen and oxygen atoms in total. The second kappa shape index (κ2) is 7.23. The molecule has 0 unspecified atom stereocenters. The van der Waals surface area contributed by atoms with E-state index in [9.17, 15) is 15.0 Å². The number of carbonyl (C=O) groups is 1. The molecular formula is C17H20N6O5. The molecule has 4 N–H and O–H groups in total. The molecule has 1 amide bonds. The molecule has 0 radical (unpaired) electrons. The Bertz CT molecular complexity index is 918. The predicted molar refractivity (Wildman–Crippen MR) is 96.3 cm³/mol. The molecule has 0 aromatic carbocycles. The summed E-state index contributed by atoms with van der Waals surface area (Å²) in [4.78, 5) is 25.2. The lowest BCUT2D eigenvalue weighted by Gasteiger charge is -2.30. The summed E-state index contributed by atoms with van der Waals surface area (Å²) in [6, 6.07) is 0.0554. The molecule has 0 bridgehead atoms. The molecule has 11 heteroatoms. The van der Waals surface area contributed by atoms with Gasteiger partial charge in [-0.15, -0.1) is 6.42 Å². The summed E-state index contributed by atoms with van der Waals surface area (Å²) in [5, 5.41) is 32.6. The topological polar surface area (TPSA) is 146 Å². The molecule has 0 saturated carbocycles. The van der Waals surface area contributed by atoms with E-state index in [2.05, 4.69) is 26.2 Å². The maximum absolute atomic E-state index is 11.0. The van der Waals surface area contributed by atoms with E-state index in [-0.39, 0.29) is 6.04 Å². The average molecular weight is 388 g/mol.